The Morgan fingerprint density at radius 1 is 1.26 bits per heavy atom. The van der Waals surface area contributed by atoms with E-state index in [4.69, 9.17) is 4.99 Å². The van der Waals surface area contributed by atoms with Gasteiger partial charge in [-0.25, -0.2) is 0 Å². The van der Waals surface area contributed by atoms with Crippen molar-refractivity contribution in [3.05, 3.63) is 30.2 Å². The third-order valence-electron chi connectivity index (χ3n) is 5.34. The highest BCUT2D eigenvalue weighted by Gasteiger charge is 2.22. The molecule has 0 spiro atoms. The zero-order chi connectivity index (χ0) is 21.3. The summed E-state index contributed by atoms with van der Waals surface area (Å²) in [6.45, 7) is 6.00. The van der Waals surface area contributed by atoms with Crippen molar-refractivity contribution in [2.45, 2.75) is 38.6 Å². The van der Waals surface area contributed by atoms with Gasteiger partial charge in [0.2, 0.25) is 5.91 Å². The second-order valence-electron chi connectivity index (χ2n) is 7.89. The quantitative estimate of drug-likeness (QED) is 0.227. The van der Waals surface area contributed by atoms with Gasteiger partial charge in [-0.1, -0.05) is 6.07 Å². The Balaban J connectivity index is 0.00000341. The first-order valence-corrected chi connectivity index (χ1v) is 10.8. The molecule has 3 heterocycles. The molecule has 31 heavy (non-hydrogen) atoms. The lowest BCUT2D eigenvalue weighted by atomic mass is 10.1. The van der Waals surface area contributed by atoms with Gasteiger partial charge < -0.3 is 15.5 Å². The Morgan fingerprint density at radius 3 is 2.74 bits per heavy atom. The summed E-state index contributed by atoms with van der Waals surface area (Å²) in [5.74, 6) is 2.00. The van der Waals surface area contributed by atoms with E-state index >= 15 is 0 Å². The van der Waals surface area contributed by atoms with Crippen LogP contribution < -0.4 is 10.6 Å². The van der Waals surface area contributed by atoms with Gasteiger partial charge in [0, 0.05) is 58.9 Å². The van der Waals surface area contributed by atoms with Gasteiger partial charge in [0.15, 0.2) is 11.6 Å². The number of rotatable bonds is 8. The summed E-state index contributed by atoms with van der Waals surface area (Å²) < 4.78 is 2.03. The van der Waals surface area contributed by atoms with Crippen molar-refractivity contribution in [1.29, 1.82) is 0 Å². The Morgan fingerprint density at radius 2 is 2.03 bits per heavy atom. The number of guanidine groups is 1. The Hall–Kier alpha value is -1.95. The molecule has 172 valence electrons. The van der Waals surface area contributed by atoms with Crippen LogP contribution in [0.2, 0.25) is 0 Å². The summed E-state index contributed by atoms with van der Waals surface area (Å²) in [6.07, 6.45) is 5.77. The van der Waals surface area contributed by atoms with Crippen LogP contribution in [-0.2, 0) is 11.2 Å². The van der Waals surface area contributed by atoms with Crippen LogP contribution in [0.4, 0.5) is 0 Å². The van der Waals surface area contributed by atoms with Crippen LogP contribution in [0.3, 0.4) is 0 Å². The van der Waals surface area contributed by atoms with Gasteiger partial charge in [0.1, 0.15) is 5.82 Å². The number of aliphatic imine (C=N–C) groups is 1. The molecule has 0 atom stereocenters. The zero-order valence-electron chi connectivity index (χ0n) is 18.8. The number of aromatic nitrogens is 3. The number of fused-ring (bicyclic) bond motifs is 1. The van der Waals surface area contributed by atoms with E-state index in [2.05, 4.69) is 32.7 Å². The molecule has 1 aliphatic rings. The summed E-state index contributed by atoms with van der Waals surface area (Å²) in [6, 6.07) is 6.31. The van der Waals surface area contributed by atoms with Crippen LogP contribution in [-0.4, -0.2) is 89.1 Å². The highest BCUT2D eigenvalue weighted by molar-refractivity contribution is 14.0. The summed E-state index contributed by atoms with van der Waals surface area (Å²) in [4.78, 5) is 20.5. The number of likely N-dealkylation sites (N-methyl/N-ethyl adjacent to an activating group) is 1. The molecular formula is C21H35IN8O. The number of likely N-dealkylation sites (tertiary alicyclic amines) is 1. The molecular weight excluding hydrogens is 507 g/mol. The largest absolute Gasteiger partial charge is 0.357 e. The molecule has 3 rings (SSSR count). The molecule has 1 aliphatic heterocycles. The third-order valence-corrected chi connectivity index (χ3v) is 5.34. The van der Waals surface area contributed by atoms with Crippen molar-refractivity contribution in [3.63, 3.8) is 0 Å². The number of aryl methyl sites for hydroxylation is 1. The Bertz CT molecular complexity index is 845. The van der Waals surface area contributed by atoms with Gasteiger partial charge in [-0.05, 0) is 38.3 Å². The number of carbonyl (C=O) groups is 1. The summed E-state index contributed by atoms with van der Waals surface area (Å²) in [5, 5.41) is 15.4. The van der Waals surface area contributed by atoms with Crippen molar-refractivity contribution in [2.75, 3.05) is 46.8 Å². The van der Waals surface area contributed by atoms with Gasteiger partial charge in [-0.2, -0.15) is 0 Å². The van der Waals surface area contributed by atoms with E-state index in [-0.39, 0.29) is 29.9 Å². The summed E-state index contributed by atoms with van der Waals surface area (Å²) in [5.41, 5.74) is 0.879. The van der Waals surface area contributed by atoms with E-state index in [0.29, 0.717) is 12.6 Å². The molecule has 2 aromatic heterocycles. The van der Waals surface area contributed by atoms with Gasteiger partial charge in [0.05, 0.1) is 6.54 Å². The standard InChI is InChI=1S/C21H34N8O.HI/c1-4-22-21(24-17-10-14-28(15-11-17)16-20(30)27(2)3)23-12-7-9-19-26-25-18-8-5-6-13-29(18)19;/h5-6,8,13,17H,4,7,9-12,14-16H2,1-3H3,(H2,22,23,24);1H. The maximum atomic E-state index is 11.9. The molecule has 1 fully saturated rings. The van der Waals surface area contributed by atoms with Crippen LogP contribution in [0.1, 0.15) is 32.0 Å². The fourth-order valence-electron chi connectivity index (χ4n) is 3.57. The minimum absolute atomic E-state index is 0. The van der Waals surface area contributed by atoms with Gasteiger partial charge >= 0.3 is 0 Å². The molecule has 1 saturated heterocycles. The molecule has 1 amide bonds. The highest BCUT2D eigenvalue weighted by atomic mass is 127. The molecule has 0 unspecified atom stereocenters. The van der Waals surface area contributed by atoms with Crippen molar-refractivity contribution >= 4 is 41.5 Å². The average molecular weight is 542 g/mol. The number of nitrogens with zero attached hydrogens (tertiary/aromatic N) is 6. The minimum Gasteiger partial charge on any atom is -0.357 e. The lowest BCUT2D eigenvalue weighted by molar-refractivity contribution is -0.130. The van der Waals surface area contributed by atoms with Crippen LogP contribution in [0.15, 0.2) is 29.4 Å². The van der Waals surface area contributed by atoms with E-state index in [1.807, 2.05) is 28.8 Å². The number of piperidine rings is 1. The zero-order valence-corrected chi connectivity index (χ0v) is 21.1. The second kappa shape index (κ2) is 12.8. The SMILES string of the molecule is CCNC(=NCCCc1nnc2ccccn12)NC1CCN(CC(=O)N(C)C)CC1.I. The third kappa shape index (κ3) is 7.60. The van der Waals surface area contributed by atoms with E-state index in [9.17, 15) is 4.79 Å². The first kappa shape index (κ1) is 25.3. The predicted molar refractivity (Wildman–Crippen MR) is 134 cm³/mol. The molecule has 0 aromatic carbocycles. The topological polar surface area (TPSA) is 90.2 Å². The molecule has 0 aliphatic carbocycles. The van der Waals surface area contributed by atoms with E-state index in [1.165, 1.54) is 0 Å². The molecule has 0 bridgehead atoms. The lowest BCUT2D eigenvalue weighted by Crippen LogP contribution is -2.50. The second-order valence-corrected chi connectivity index (χ2v) is 7.89. The number of carbonyl (C=O) groups excluding carboxylic acids is 1. The number of pyridine rings is 1. The maximum absolute atomic E-state index is 11.9. The Kier molecular flexibility index (Phi) is 10.4. The van der Waals surface area contributed by atoms with Crippen LogP contribution >= 0.6 is 24.0 Å². The Labute approximate surface area is 201 Å². The molecule has 0 radical (unpaired) electrons. The van der Waals surface area contributed by atoms with Gasteiger partial charge in [-0.15, -0.1) is 34.2 Å². The number of hydrogen-bond acceptors (Lipinski definition) is 5. The van der Waals surface area contributed by atoms with E-state index < -0.39 is 0 Å². The first-order valence-electron chi connectivity index (χ1n) is 10.8. The maximum Gasteiger partial charge on any atom is 0.236 e. The van der Waals surface area contributed by atoms with Gasteiger partial charge in [-0.3, -0.25) is 19.1 Å². The molecule has 2 N–H and O–H groups in total. The summed E-state index contributed by atoms with van der Waals surface area (Å²) >= 11 is 0. The van der Waals surface area contributed by atoms with Crippen molar-refractivity contribution in [2.24, 2.45) is 4.99 Å². The monoisotopic (exact) mass is 542 g/mol. The number of nitrogens with one attached hydrogen (secondary N) is 2. The fraction of sp³-hybridized carbons (Fsp3) is 0.619. The fourth-order valence-corrected chi connectivity index (χ4v) is 3.57. The molecule has 10 heteroatoms. The molecule has 0 saturated carbocycles. The van der Waals surface area contributed by atoms with Gasteiger partial charge in [0.25, 0.3) is 0 Å². The number of amides is 1. The number of hydrogen-bond donors (Lipinski definition) is 2. The molecule has 2 aromatic rings. The number of halogens is 1. The van der Waals surface area contributed by atoms with Crippen LogP contribution in [0, 0.1) is 0 Å². The summed E-state index contributed by atoms with van der Waals surface area (Å²) in [7, 11) is 3.61. The van der Waals surface area contributed by atoms with E-state index in [0.717, 1.165) is 69.3 Å². The minimum atomic E-state index is 0. The highest BCUT2D eigenvalue weighted by Crippen LogP contribution is 2.10. The van der Waals surface area contributed by atoms with Crippen LogP contribution in [0.5, 0.6) is 0 Å². The predicted octanol–water partition coefficient (Wildman–Crippen LogP) is 1.39. The smallest absolute Gasteiger partial charge is 0.236 e. The van der Waals surface area contributed by atoms with Crippen molar-refractivity contribution in [1.82, 2.24) is 35.0 Å². The van der Waals surface area contributed by atoms with Crippen LogP contribution in [0.25, 0.3) is 5.65 Å². The first-order chi connectivity index (χ1) is 14.6. The van der Waals surface area contributed by atoms with Crippen molar-refractivity contribution in [3.8, 4) is 0 Å². The molecule has 9 nitrogen and oxygen atoms in total. The normalized spacial score (nSPS) is 15.5. The lowest BCUT2D eigenvalue weighted by Gasteiger charge is -2.33. The average Bonchev–Trinajstić information content (AvgIpc) is 3.15. The van der Waals surface area contributed by atoms with Crippen molar-refractivity contribution < 1.29 is 4.79 Å². The van der Waals surface area contributed by atoms with E-state index in [1.54, 1.807) is 19.0 Å².